The maximum atomic E-state index is 9.93. The minimum Gasteiger partial charge on any atom is -0.264 e. The zero-order chi connectivity index (χ0) is 5.98. The standard InChI is InChI=1S/C5H5NO2/c7-6(8)5-3-1-2-4-5/h5H,3-4H2. The molecule has 0 heterocycles. The van der Waals surface area contributed by atoms with Crippen molar-refractivity contribution < 1.29 is 4.92 Å². The van der Waals surface area contributed by atoms with Crippen LogP contribution < -0.4 is 0 Å². The van der Waals surface area contributed by atoms with Gasteiger partial charge in [0, 0.05) is 4.92 Å². The summed E-state index contributed by atoms with van der Waals surface area (Å²) in [4.78, 5) is 9.64. The van der Waals surface area contributed by atoms with Gasteiger partial charge in [0.15, 0.2) is 0 Å². The van der Waals surface area contributed by atoms with Crippen molar-refractivity contribution in [1.82, 2.24) is 0 Å². The Morgan fingerprint density at radius 3 is 2.25 bits per heavy atom. The number of nitrogens with zero attached hydrogens (tertiary/aromatic N) is 1. The molecule has 0 aliphatic heterocycles. The Morgan fingerprint density at radius 2 is 2.00 bits per heavy atom. The molecule has 1 aliphatic carbocycles. The Bertz CT molecular complexity index is 155. The average Bonchev–Trinajstić information content (AvgIpc) is 2.12. The highest BCUT2D eigenvalue weighted by Gasteiger charge is 2.19. The molecular weight excluding hydrogens is 106 g/mol. The van der Waals surface area contributed by atoms with E-state index in [0.29, 0.717) is 12.8 Å². The summed E-state index contributed by atoms with van der Waals surface area (Å²) in [5, 5.41) is 9.93. The second-order valence-electron chi connectivity index (χ2n) is 1.70. The fraction of sp³-hybridized carbons (Fsp3) is 0.600. The lowest BCUT2D eigenvalue weighted by Gasteiger charge is -1.94. The Hall–Kier alpha value is -1.04. The van der Waals surface area contributed by atoms with Gasteiger partial charge in [-0.15, -0.1) is 0 Å². The molecule has 0 spiro atoms. The molecule has 0 radical (unpaired) electrons. The highest BCUT2D eigenvalue weighted by molar-refractivity contribution is 5.08. The van der Waals surface area contributed by atoms with Crippen molar-refractivity contribution in [2.45, 2.75) is 18.9 Å². The number of rotatable bonds is 1. The van der Waals surface area contributed by atoms with Gasteiger partial charge in [0.05, 0.1) is 12.8 Å². The molecule has 0 N–H and O–H groups in total. The van der Waals surface area contributed by atoms with Gasteiger partial charge in [0.1, 0.15) is 0 Å². The molecule has 0 saturated heterocycles. The molecular formula is C5H5NO2. The molecule has 1 rings (SSSR count). The first kappa shape index (κ1) is 5.10. The van der Waals surface area contributed by atoms with E-state index in [4.69, 9.17) is 0 Å². The van der Waals surface area contributed by atoms with E-state index in [0.717, 1.165) is 0 Å². The van der Waals surface area contributed by atoms with Crippen molar-refractivity contribution in [1.29, 1.82) is 0 Å². The van der Waals surface area contributed by atoms with E-state index in [1.54, 1.807) is 0 Å². The SMILES string of the molecule is O=[N+]([O-])C1CC#CC1. The van der Waals surface area contributed by atoms with Crippen molar-refractivity contribution in [2.24, 2.45) is 0 Å². The first-order valence-corrected chi connectivity index (χ1v) is 2.40. The highest BCUT2D eigenvalue weighted by atomic mass is 16.6. The maximum absolute atomic E-state index is 9.93. The van der Waals surface area contributed by atoms with Gasteiger partial charge in [0.2, 0.25) is 6.04 Å². The van der Waals surface area contributed by atoms with E-state index in [2.05, 4.69) is 11.8 Å². The van der Waals surface area contributed by atoms with E-state index in [1.807, 2.05) is 0 Å². The molecule has 0 aromatic rings. The lowest BCUT2D eigenvalue weighted by Crippen LogP contribution is -2.14. The Morgan fingerprint density at radius 1 is 1.50 bits per heavy atom. The molecule has 3 heteroatoms. The van der Waals surface area contributed by atoms with Crippen LogP contribution in [0.25, 0.3) is 0 Å². The predicted octanol–water partition coefficient (Wildman–Crippen LogP) is 0.429. The molecule has 0 unspecified atom stereocenters. The van der Waals surface area contributed by atoms with Crippen LogP contribution in [0.1, 0.15) is 12.8 Å². The first-order valence-electron chi connectivity index (χ1n) is 2.40. The van der Waals surface area contributed by atoms with E-state index < -0.39 is 6.04 Å². The monoisotopic (exact) mass is 111 g/mol. The van der Waals surface area contributed by atoms with Crippen LogP contribution in [0.5, 0.6) is 0 Å². The fourth-order valence-corrected chi connectivity index (χ4v) is 0.601. The first-order chi connectivity index (χ1) is 3.80. The van der Waals surface area contributed by atoms with Crippen LogP contribution in [-0.2, 0) is 0 Å². The normalized spacial score (nSPS) is 17.5. The van der Waals surface area contributed by atoms with E-state index in [-0.39, 0.29) is 4.92 Å². The van der Waals surface area contributed by atoms with E-state index in [9.17, 15) is 10.1 Å². The van der Waals surface area contributed by atoms with Crippen LogP contribution in [-0.4, -0.2) is 11.0 Å². The molecule has 0 aromatic carbocycles. The zero-order valence-electron chi connectivity index (χ0n) is 4.26. The third-order valence-electron chi connectivity index (χ3n) is 1.10. The van der Waals surface area contributed by atoms with Crippen LogP contribution in [0.4, 0.5) is 0 Å². The molecule has 8 heavy (non-hydrogen) atoms. The highest BCUT2D eigenvalue weighted by Crippen LogP contribution is 2.05. The lowest BCUT2D eigenvalue weighted by atomic mass is 10.2. The van der Waals surface area contributed by atoms with Gasteiger partial charge >= 0.3 is 0 Å². The molecule has 3 nitrogen and oxygen atoms in total. The predicted molar refractivity (Wildman–Crippen MR) is 27.8 cm³/mol. The Balaban J connectivity index is 2.43. The summed E-state index contributed by atoms with van der Waals surface area (Å²) in [6.45, 7) is 0. The average molecular weight is 111 g/mol. The smallest absolute Gasteiger partial charge is 0.234 e. The van der Waals surface area contributed by atoms with Crippen LogP contribution in [0.3, 0.4) is 0 Å². The largest absolute Gasteiger partial charge is 0.264 e. The third-order valence-corrected chi connectivity index (χ3v) is 1.10. The summed E-state index contributed by atoms with van der Waals surface area (Å²) in [5.41, 5.74) is 0. The van der Waals surface area contributed by atoms with Crippen LogP contribution in [0.2, 0.25) is 0 Å². The van der Waals surface area contributed by atoms with Crippen LogP contribution >= 0.6 is 0 Å². The number of nitro groups is 1. The summed E-state index contributed by atoms with van der Waals surface area (Å²) in [7, 11) is 0. The van der Waals surface area contributed by atoms with Gasteiger partial charge in [-0.1, -0.05) is 11.8 Å². The minimum absolute atomic E-state index is 0.285. The summed E-state index contributed by atoms with van der Waals surface area (Å²) in [6, 6.07) is -0.435. The lowest BCUT2D eigenvalue weighted by molar-refractivity contribution is -0.519. The number of hydrogen-bond acceptors (Lipinski definition) is 2. The van der Waals surface area contributed by atoms with Crippen molar-refractivity contribution in [3.63, 3.8) is 0 Å². The van der Waals surface area contributed by atoms with Gasteiger partial charge in [-0.3, -0.25) is 10.1 Å². The molecule has 0 amide bonds. The van der Waals surface area contributed by atoms with Crippen molar-refractivity contribution in [3.8, 4) is 11.8 Å². The topological polar surface area (TPSA) is 43.1 Å². The van der Waals surface area contributed by atoms with Gasteiger partial charge < -0.3 is 0 Å². The van der Waals surface area contributed by atoms with Crippen molar-refractivity contribution in [3.05, 3.63) is 10.1 Å². The van der Waals surface area contributed by atoms with Crippen molar-refractivity contribution >= 4 is 0 Å². The van der Waals surface area contributed by atoms with Gasteiger partial charge in [-0.05, 0) is 0 Å². The van der Waals surface area contributed by atoms with E-state index >= 15 is 0 Å². The van der Waals surface area contributed by atoms with Crippen LogP contribution in [0.15, 0.2) is 0 Å². The van der Waals surface area contributed by atoms with Crippen molar-refractivity contribution in [2.75, 3.05) is 0 Å². The molecule has 0 saturated carbocycles. The Labute approximate surface area is 46.8 Å². The molecule has 0 fully saturated rings. The summed E-state index contributed by atoms with van der Waals surface area (Å²) >= 11 is 0. The van der Waals surface area contributed by atoms with E-state index in [1.165, 1.54) is 0 Å². The second-order valence-corrected chi connectivity index (χ2v) is 1.70. The summed E-state index contributed by atoms with van der Waals surface area (Å²) in [5.74, 6) is 5.32. The van der Waals surface area contributed by atoms with Gasteiger partial charge in [0.25, 0.3) is 0 Å². The number of hydrogen-bond donors (Lipinski definition) is 0. The minimum atomic E-state index is -0.435. The second kappa shape index (κ2) is 1.83. The molecule has 42 valence electrons. The van der Waals surface area contributed by atoms with Gasteiger partial charge in [-0.2, -0.15) is 0 Å². The molecule has 0 bridgehead atoms. The summed E-state index contributed by atoms with van der Waals surface area (Å²) < 4.78 is 0. The Kier molecular flexibility index (Phi) is 1.17. The maximum Gasteiger partial charge on any atom is 0.234 e. The third kappa shape index (κ3) is 0.784. The molecule has 0 atom stereocenters. The van der Waals surface area contributed by atoms with Crippen LogP contribution in [0, 0.1) is 22.0 Å². The molecule has 1 aliphatic rings. The fourth-order valence-electron chi connectivity index (χ4n) is 0.601. The van der Waals surface area contributed by atoms with Gasteiger partial charge in [-0.25, -0.2) is 0 Å². The molecule has 0 aromatic heterocycles. The summed E-state index contributed by atoms with van der Waals surface area (Å²) in [6.07, 6.45) is 0.875. The quantitative estimate of drug-likeness (QED) is 0.280. The zero-order valence-corrected chi connectivity index (χ0v) is 4.26.